The lowest BCUT2D eigenvalue weighted by molar-refractivity contribution is -0.142. The van der Waals surface area contributed by atoms with E-state index < -0.39 is 76.3 Å². The smallest absolute Gasteiger partial charge is 0.433 e. The highest BCUT2D eigenvalue weighted by atomic mass is 35.5. The number of rotatable bonds is 10. The number of anilines is 2. The Labute approximate surface area is 385 Å². The Balaban J connectivity index is 1.19. The topological polar surface area (TPSA) is 142 Å². The van der Waals surface area contributed by atoms with Gasteiger partial charge in [-0.2, -0.15) is 23.2 Å². The van der Waals surface area contributed by atoms with Gasteiger partial charge in [-0.1, -0.05) is 95.0 Å². The van der Waals surface area contributed by atoms with Crippen LogP contribution in [0.4, 0.5) is 24.7 Å². The van der Waals surface area contributed by atoms with Gasteiger partial charge in [0.1, 0.15) is 29.5 Å². The Hall–Kier alpha value is -6.29. The SMILES string of the molecule is COc1ccc([C@@]23C(=O)N(Nc4ccc(Cl)cc4Cl)C(=O)[C@@H]2C[C@@H]2C(=CC[C@@H]4C(=O)N(N(C)c5nc(C(F)(F)F)ccc5Cl)C(=O)[C@@H]42)[C@@H]3c2ccc(OCc3ccccc3)cc2O)cc1. The molecule has 3 fully saturated rings. The molecule has 0 radical (unpaired) electrons. The first kappa shape index (κ1) is 43.9. The highest BCUT2D eigenvalue weighted by Crippen LogP contribution is 2.65. The second kappa shape index (κ2) is 16.6. The number of phenols is 1. The van der Waals surface area contributed by atoms with Crippen molar-refractivity contribution < 1.29 is 46.9 Å². The minimum atomic E-state index is -4.86. The summed E-state index contributed by atoms with van der Waals surface area (Å²) in [7, 11) is 2.70. The van der Waals surface area contributed by atoms with Crippen molar-refractivity contribution in [3.63, 3.8) is 0 Å². The quantitative estimate of drug-likeness (QED) is 0.103. The predicted molar refractivity (Wildman–Crippen MR) is 234 cm³/mol. The average molecular weight is 947 g/mol. The van der Waals surface area contributed by atoms with E-state index in [1.165, 1.54) is 38.4 Å². The molecular weight excluding hydrogens is 910 g/mol. The number of halogens is 6. The zero-order valence-corrected chi connectivity index (χ0v) is 36.6. The van der Waals surface area contributed by atoms with E-state index in [1.54, 1.807) is 42.5 Å². The van der Waals surface area contributed by atoms with E-state index in [4.69, 9.17) is 44.3 Å². The normalized spacial score (nSPS) is 23.8. The number of carbonyl (C=O) groups is 4. The van der Waals surface area contributed by atoms with Crippen molar-refractivity contribution in [1.29, 1.82) is 0 Å². The van der Waals surface area contributed by atoms with Gasteiger partial charge in [0.25, 0.3) is 23.6 Å². The fourth-order valence-electron chi connectivity index (χ4n) is 9.98. The van der Waals surface area contributed by atoms with Gasteiger partial charge >= 0.3 is 6.18 Å². The molecule has 4 aliphatic rings. The zero-order valence-electron chi connectivity index (χ0n) is 34.4. The number of aromatic hydroxyl groups is 1. The van der Waals surface area contributed by atoms with E-state index in [1.807, 2.05) is 30.3 Å². The van der Waals surface area contributed by atoms with Crippen LogP contribution in [0.25, 0.3) is 0 Å². The Morgan fingerprint density at radius 1 is 0.862 bits per heavy atom. The van der Waals surface area contributed by atoms with Crippen LogP contribution in [-0.2, 0) is 37.4 Å². The molecule has 4 amide bonds. The van der Waals surface area contributed by atoms with Gasteiger partial charge in [0.15, 0.2) is 5.82 Å². The van der Waals surface area contributed by atoms with E-state index in [0.29, 0.717) is 33.7 Å². The number of imide groups is 2. The number of benzene rings is 4. The molecule has 1 aromatic heterocycles. The van der Waals surface area contributed by atoms with E-state index in [0.717, 1.165) is 26.7 Å². The number of aromatic nitrogens is 1. The second-order valence-electron chi connectivity index (χ2n) is 16.2. The molecule has 2 aliphatic carbocycles. The summed E-state index contributed by atoms with van der Waals surface area (Å²) in [6, 6.07) is 26.9. The van der Waals surface area contributed by atoms with Crippen molar-refractivity contribution in [1.82, 2.24) is 15.0 Å². The molecule has 12 nitrogen and oxygen atoms in total. The van der Waals surface area contributed by atoms with Crippen LogP contribution in [0.2, 0.25) is 15.1 Å². The lowest BCUT2D eigenvalue weighted by atomic mass is 9.49. The minimum absolute atomic E-state index is 0.0292. The molecule has 2 aliphatic heterocycles. The van der Waals surface area contributed by atoms with Crippen LogP contribution in [0.15, 0.2) is 115 Å². The fraction of sp³-hybridized carbons (Fsp3) is 0.255. The molecule has 3 heterocycles. The number of fused-ring (bicyclic) bond motifs is 4. The number of methoxy groups -OCH3 is 1. The number of alkyl halides is 3. The number of nitrogens with zero attached hydrogens (tertiary/aromatic N) is 4. The molecule has 2 saturated heterocycles. The Bertz CT molecular complexity index is 2800. The number of amides is 4. The molecule has 0 spiro atoms. The Morgan fingerprint density at radius 2 is 1.58 bits per heavy atom. The van der Waals surface area contributed by atoms with Crippen molar-refractivity contribution in [2.45, 2.75) is 37.0 Å². The second-order valence-corrected chi connectivity index (χ2v) is 17.5. The van der Waals surface area contributed by atoms with Crippen molar-refractivity contribution in [3.8, 4) is 17.2 Å². The van der Waals surface area contributed by atoms with Crippen LogP contribution < -0.4 is 19.9 Å². The van der Waals surface area contributed by atoms with Crippen molar-refractivity contribution in [2.24, 2.45) is 23.7 Å². The zero-order chi connectivity index (χ0) is 46.1. The summed E-state index contributed by atoms with van der Waals surface area (Å²) in [6.07, 6.45) is -3.25. The summed E-state index contributed by atoms with van der Waals surface area (Å²) >= 11 is 19.1. The van der Waals surface area contributed by atoms with Crippen LogP contribution in [-0.4, -0.2) is 57.9 Å². The van der Waals surface area contributed by atoms with Gasteiger partial charge in [0.2, 0.25) is 0 Å². The summed E-state index contributed by atoms with van der Waals surface area (Å²) < 4.78 is 53.0. The first-order chi connectivity index (χ1) is 31.0. The molecule has 4 aromatic carbocycles. The van der Waals surface area contributed by atoms with Gasteiger partial charge in [0, 0.05) is 29.6 Å². The Morgan fingerprint density at radius 3 is 2.26 bits per heavy atom. The maximum atomic E-state index is 15.7. The maximum absolute atomic E-state index is 15.7. The number of hydrogen-bond donors (Lipinski definition) is 2. The third kappa shape index (κ3) is 7.29. The lowest BCUT2D eigenvalue weighted by Crippen LogP contribution is -2.53. The van der Waals surface area contributed by atoms with Crippen LogP contribution in [0.3, 0.4) is 0 Å². The molecule has 1 saturated carbocycles. The standard InChI is InChI=1S/C47H37Cl3F3N5O7/c1-56(41-34(49)17-19-38(54-41)47(51,52)53)58-42(60)31-16-15-29-32(39(31)44(58)62)22-33-43(61)57(55-36-18-10-26(48)20-35(36)50)45(63)46(33,25-8-11-27(64-2)12-9-25)40(29)30-14-13-28(21-37(30)59)65-23-24-6-4-3-5-7-24/h3-15,17-21,31-33,39-40,55,59H,16,22-23H2,1-2H3/t31-,32+,33-,39-,40+,46+/m0/s1. The number of hydrazine groups is 2. The van der Waals surface area contributed by atoms with Gasteiger partial charge in [-0.3, -0.25) is 29.6 Å². The van der Waals surface area contributed by atoms with Crippen molar-refractivity contribution >= 4 is 69.9 Å². The molecule has 334 valence electrons. The summed E-state index contributed by atoms with van der Waals surface area (Å²) in [5.41, 5.74) is 2.02. The van der Waals surface area contributed by atoms with Gasteiger partial charge in [-0.05, 0) is 78.4 Å². The third-order valence-corrected chi connectivity index (χ3v) is 13.7. The largest absolute Gasteiger partial charge is 0.508 e. The summed E-state index contributed by atoms with van der Waals surface area (Å²) in [6.45, 7) is 0.181. The molecular formula is C47H37Cl3F3N5O7. The van der Waals surface area contributed by atoms with E-state index in [2.05, 4.69) is 10.4 Å². The number of ether oxygens (including phenoxy) is 2. The van der Waals surface area contributed by atoms with Gasteiger partial charge < -0.3 is 14.6 Å². The van der Waals surface area contributed by atoms with Crippen molar-refractivity contribution in [3.05, 3.63) is 152 Å². The molecule has 2 N–H and O–H groups in total. The molecule has 18 heteroatoms. The van der Waals surface area contributed by atoms with E-state index >= 15 is 9.59 Å². The molecule has 9 rings (SSSR count). The summed E-state index contributed by atoms with van der Waals surface area (Å²) in [4.78, 5) is 63.7. The monoisotopic (exact) mass is 945 g/mol. The van der Waals surface area contributed by atoms with Crippen LogP contribution in [0.5, 0.6) is 17.2 Å². The molecule has 0 bridgehead atoms. The fourth-order valence-corrected chi connectivity index (χ4v) is 10.7. The summed E-state index contributed by atoms with van der Waals surface area (Å²) in [5.74, 6) is -8.31. The van der Waals surface area contributed by atoms with Crippen LogP contribution in [0.1, 0.15) is 41.1 Å². The Kier molecular flexibility index (Phi) is 11.2. The van der Waals surface area contributed by atoms with Crippen molar-refractivity contribution in [2.75, 3.05) is 24.6 Å². The number of pyridine rings is 1. The number of carbonyl (C=O) groups excluding carboxylic acids is 4. The molecule has 0 unspecified atom stereocenters. The summed E-state index contributed by atoms with van der Waals surface area (Å²) in [5, 5.41) is 14.8. The van der Waals surface area contributed by atoms with E-state index in [9.17, 15) is 27.9 Å². The molecule has 65 heavy (non-hydrogen) atoms. The van der Waals surface area contributed by atoms with Gasteiger partial charge in [0.05, 0.1) is 46.0 Å². The highest BCUT2D eigenvalue weighted by molar-refractivity contribution is 6.36. The van der Waals surface area contributed by atoms with Gasteiger partial charge in [-0.15, -0.1) is 0 Å². The van der Waals surface area contributed by atoms with E-state index in [-0.39, 0.29) is 46.5 Å². The first-order valence-corrected chi connectivity index (χ1v) is 21.5. The number of allylic oxidation sites excluding steroid dienone is 2. The maximum Gasteiger partial charge on any atom is 0.433 e. The number of hydrogen-bond acceptors (Lipinski definition) is 10. The lowest BCUT2D eigenvalue weighted by Gasteiger charge is -2.50. The predicted octanol–water partition coefficient (Wildman–Crippen LogP) is 9.39. The third-order valence-electron chi connectivity index (χ3n) is 12.8. The molecule has 6 atom stereocenters. The number of phenolic OH excluding ortho intramolecular Hbond substituents is 1. The molecule has 5 aromatic rings. The van der Waals surface area contributed by atoms with Gasteiger partial charge in [-0.25, -0.2) is 4.98 Å². The van der Waals surface area contributed by atoms with Crippen LogP contribution in [0, 0.1) is 23.7 Å². The first-order valence-electron chi connectivity index (χ1n) is 20.3. The minimum Gasteiger partial charge on any atom is -0.508 e. The average Bonchev–Trinajstić information content (AvgIpc) is 3.67. The van der Waals surface area contributed by atoms with Crippen LogP contribution >= 0.6 is 34.8 Å². The highest BCUT2D eigenvalue weighted by Gasteiger charge is 2.71. The number of nitrogens with one attached hydrogen (secondary N) is 1.